The lowest BCUT2D eigenvalue weighted by molar-refractivity contribution is -0.129. The predicted molar refractivity (Wildman–Crippen MR) is 121 cm³/mol. The molecule has 5 nitrogen and oxygen atoms in total. The fourth-order valence-electron chi connectivity index (χ4n) is 5.18. The molecule has 1 aromatic heterocycles. The molecule has 5 rings (SSSR count). The Kier molecular flexibility index (Phi) is 5.30. The van der Waals surface area contributed by atoms with Crippen LogP contribution in [-0.2, 0) is 30.6 Å². The monoisotopic (exact) mass is 453 g/mol. The normalized spacial score (nSPS) is 19.7. The zero-order chi connectivity index (χ0) is 22.6. The van der Waals surface area contributed by atoms with Crippen molar-refractivity contribution in [3.05, 3.63) is 75.2 Å². The summed E-state index contributed by atoms with van der Waals surface area (Å²) in [6.07, 6.45) is 1.35. The van der Waals surface area contributed by atoms with E-state index in [-0.39, 0.29) is 17.8 Å². The number of nitrogens with zero attached hydrogens (tertiary/aromatic N) is 3. The van der Waals surface area contributed by atoms with Crippen LogP contribution in [0.3, 0.4) is 0 Å². The molecule has 1 aliphatic heterocycles. The zero-order valence-electron chi connectivity index (χ0n) is 18.1. The van der Waals surface area contributed by atoms with E-state index in [9.17, 15) is 14.3 Å². The van der Waals surface area contributed by atoms with Gasteiger partial charge in [0.2, 0.25) is 5.91 Å². The Labute approximate surface area is 191 Å². The summed E-state index contributed by atoms with van der Waals surface area (Å²) in [5.41, 5.74) is 6.78. The van der Waals surface area contributed by atoms with E-state index >= 15 is 0 Å². The van der Waals surface area contributed by atoms with Gasteiger partial charge in [0.25, 0.3) is 0 Å². The third kappa shape index (κ3) is 3.42. The number of carbonyl (C=O) groups is 1. The molecular formula is C25H25ClFN3O2. The maximum Gasteiger partial charge on any atom is 0.219 e. The van der Waals surface area contributed by atoms with Crippen molar-refractivity contribution in [1.82, 2.24) is 14.7 Å². The number of aliphatic hydroxyl groups excluding tert-OH is 1. The summed E-state index contributed by atoms with van der Waals surface area (Å²) in [5.74, 6) is -0.292. The number of hydrogen-bond donors (Lipinski definition) is 1. The van der Waals surface area contributed by atoms with Crippen LogP contribution in [0, 0.1) is 5.82 Å². The number of amides is 1. The lowest BCUT2D eigenvalue weighted by atomic mass is 9.97. The van der Waals surface area contributed by atoms with Gasteiger partial charge in [-0.15, -0.1) is 0 Å². The summed E-state index contributed by atoms with van der Waals surface area (Å²) in [4.78, 5) is 13.9. The molecule has 1 unspecified atom stereocenters. The lowest BCUT2D eigenvalue weighted by Crippen LogP contribution is -2.35. The van der Waals surface area contributed by atoms with Gasteiger partial charge in [0.05, 0.1) is 11.8 Å². The molecule has 0 radical (unpaired) electrons. The smallest absolute Gasteiger partial charge is 0.219 e. The SMILES string of the molecule is CCc1cc(Cl)cc2c1C(n1nc(-c3ccc(F)cc3)c3c1CCN(C(C)=O)C3)[C@H](O)C2. The molecule has 1 aliphatic carbocycles. The largest absolute Gasteiger partial charge is 0.390 e. The van der Waals surface area contributed by atoms with Gasteiger partial charge >= 0.3 is 0 Å². The summed E-state index contributed by atoms with van der Waals surface area (Å²) < 4.78 is 15.5. The van der Waals surface area contributed by atoms with E-state index in [2.05, 4.69) is 6.92 Å². The van der Waals surface area contributed by atoms with Crippen LogP contribution in [0.15, 0.2) is 36.4 Å². The second kappa shape index (κ2) is 8.01. The molecule has 1 amide bonds. The Hall–Kier alpha value is -2.70. The topological polar surface area (TPSA) is 58.4 Å². The van der Waals surface area contributed by atoms with E-state index in [1.165, 1.54) is 12.1 Å². The van der Waals surface area contributed by atoms with E-state index in [1.807, 2.05) is 16.8 Å². The first-order valence-corrected chi connectivity index (χ1v) is 11.4. The van der Waals surface area contributed by atoms with Crippen molar-refractivity contribution in [1.29, 1.82) is 0 Å². The Morgan fingerprint density at radius 1 is 1.28 bits per heavy atom. The fourth-order valence-corrected chi connectivity index (χ4v) is 5.44. The maximum absolute atomic E-state index is 13.6. The number of hydrogen-bond acceptors (Lipinski definition) is 3. The van der Waals surface area contributed by atoms with Crippen LogP contribution in [0.5, 0.6) is 0 Å². The molecule has 2 aromatic carbocycles. The molecule has 0 saturated carbocycles. The first kappa shape index (κ1) is 21.2. The van der Waals surface area contributed by atoms with E-state index in [1.54, 1.807) is 24.0 Å². The molecule has 2 atom stereocenters. The zero-order valence-corrected chi connectivity index (χ0v) is 18.9. The van der Waals surface area contributed by atoms with Crippen molar-refractivity contribution in [2.75, 3.05) is 6.54 Å². The van der Waals surface area contributed by atoms with Gasteiger partial charge in [0, 0.05) is 54.7 Å². The van der Waals surface area contributed by atoms with Crippen molar-refractivity contribution >= 4 is 17.5 Å². The number of rotatable bonds is 3. The second-order valence-corrected chi connectivity index (χ2v) is 9.06. The number of aromatic nitrogens is 2. The Morgan fingerprint density at radius 3 is 2.72 bits per heavy atom. The molecule has 166 valence electrons. The number of halogens is 2. The minimum absolute atomic E-state index is 0.0163. The Bertz CT molecular complexity index is 1200. The molecular weight excluding hydrogens is 429 g/mol. The molecule has 32 heavy (non-hydrogen) atoms. The van der Waals surface area contributed by atoms with Gasteiger partial charge in [-0.3, -0.25) is 9.48 Å². The molecule has 3 aromatic rings. The molecule has 7 heteroatoms. The van der Waals surface area contributed by atoms with Gasteiger partial charge in [-0.25, -0.2) is 4.39 Å². The molecule has 0 saturated heterocycles. The summed E-state index contributed by atoms with van der Waals surface area (Å²) in [6.45, 7) is 4.71. The van der Waals surface area contributed by atoms with E-state index in [0.29, 0.717) is 31.0 Å². The highest BCUT2D eigenvalue weighted by molar-refractivity contribution is 6.30. The Morgan fingerprint density at radius 2 is 2.03 bits per heavy atom. The summed E-state index contributed by atoms with van der Waals surface area (Å²) >= 11 is 6.33. The highest BCUT2D eigenvalue weighted by atomic mass is 35.5. The highest BCUT2D eigenvalue weighted by Crippen LogP contribution is 2.42. The quantitative estimate of drug-likeness (QED) is 0.642. The van der Waals surface area contributed by atoms with Crippen LogP contribution in [0.4, 0.5) is 4.39 Å². The summed E-state index contributed by atoms with van der Waals surface area (Å²) in [5, 5.41) is 16.8. The van der Waals surface area contributed by atoms with Gasteiger partial charge in [0.15, 0.2) is 0 Å². The minimum Gasteiger partial charge on any atom is -0.390 e. The van der Waals surface area contributed by atoms with Gasteiger partial charge in [-0.1, -0.05) is 18.5 Å². The maximum atomic E-state index is 13.6. The fraction of sp³-hybridized carbons (Fsp3) is 0.360. The van der Waals surface area contributed by atoms with Crippen molar-refractivity contribution in [2.45, 2.75) is 51.8 Å². The minimum atomic E-state index is -0.621. The molecule has 0 spiro atoms. The predicted octanol–water partition coefficient (Wildman–Crippen LogP) is 4.32. The van der Waals surface area contributed by atoms with Crippen LogP contribution in [-0.4, -0.2) is 38.3 Å². The molecule has 2 aliphatic rings. The molecule has 1 N–H and O–H groups in total. The standard InChI is InChI=1S/C25H25ClFN3O2/c1-3-15-10-18(26)11-17-12-22(32)25(23(15)17)30-21-8-9-29(14(2)31)13-20(21)24(28-30)16-4-6-19(27)7-5-16/h4-7,10-11,22,25,32H,3,8-9,12-13H2,1-2H3/t22-,25?/m1/s1. The third-order valence-corrected chi connectivity index (χ3v) is 6.92. The van der Waals surface area contributed by atoms with Crippen molar-refractivity contribution in [2.24, 2.45) is 0 Å². The van der Waals surface area contributed by atoms with Gasteiger partial charge in [-0.2, -0.15) is 5.10 Å². The summed E-state index contributed by atoms with van der Waals surface area (Å²) in [7, 11) is 0. The van der Waals surface area contributed by atoms with Crippen LogP contribution in [0.2, 0.25) is 5.02 Å². The molecule has 0 bridgehead atoms. The highest BCUT2D eigenvalue weighted by Gasteiger charge is 2.38. The number of aliphatic hydroxyl groups is 1. The average Bonchev–Trinajstić information content (AvgIpc) is 3.29. The van der Waals surface area contributed by atoms with Gasteiger partial charge in [-0.05, 0) is 59.5 Å². The van der Waals surface area contributed by atoms with E-state index in [0.717, 1.165) is 45.6 Å². The number of carbonyl (C=O) groups excluding carboxylic acids is 1. The number of benzene rings is 2. The number of aryl methyl sites for hydroxylation is 1. The van der Waals surface area contributed by atoms with Crippen LogP contribution in [0.1, 0.15) is 47.8 Å². The van der Waals surface area contributed by atoms with Crippen LogP contribution < -0.4 is 0 Å². The van der Waals surface area contributed by atoms with E-state index < -0.39 is 6.10 Å². The first-order valence-electron chi connectivity index (χ1n) is 11.0. The molecule has 0 fully saturated rings. The van der Waals surface area contributed by atoms with Gasteiger partial charge < -0.3 is 10.0 Å². The van der Waals surface area contributed by atoms with Crippen LogP contribution in [0.25, 0.3) is 11.3 Å². The summed E-state index contributed by atoms with van der Waals surface area (Å²) in [6, 6.07) is 9.86. The lowest BCUT2D eigenvalue weighted by Gasteiger charge is -2.28. The second-order valence-electron chi connectivity index (χ2n) is 8.62. The van der Waals surface area contributed by atoms with Crippen LogP contribution >= 0.6 is 11.6 Å². The Balaban J connectivity index is 1.69. The van der Waals surface area contributed by atoms with Crippen molar-refractivity contribution in [3.8, 4) is 11.3 Å². The first-order chi connectivity index (χ1) is 15.4. The van der Waals surface area contributed by atoms with Crippen molar-refractivity contribution in [3.63, 3.8) is 0 Å². The van der Waals surface area contributed by atoms with Gasteiger partial charge in [0.1, 0.15) is 11.9 Å². The number of fused-ring (bicyclic) bond motifs is 2. The molecule has 2 heterocycles. The average molecular weight is 454 g/mol. The third-order valence-electron chi connectivity index (χ3n) is 6.70. The van der Waals surface area contributed by atoms with Crippen molar-refractivity contribution < 1.29 is 14.3 Å². The van der Waals surface area contributed by atoms with E-state index in [4.69, 9.17) is 16.7 Å².